The van der Waals surface area contributed by atoms with Crippen LogP contribution in [0.25, 0.3) is 16.9 Å². The lowest BCUT2D eigenvalue weighted by molar-refractivity contribution is -0.141. The first-order chi connectivity index (χ1) is 13.0. The van der Waals surface area contributed by atoms with Crippen molar-refractivity contribution in [2.45, 2.75) is 24.5 Å². The fraction of sp³-hybridized carbons (Fsp3) is 0.176. The Hall–Kier alpha value is -2.24. The highest BCUT2D eigenvalue weighted by Gasteiger charge is 2.39. The molecule has 6 nitrogen and oxygen atoms in total. The second-order valence-corrected chi connectivity index (χ2v) is 8.27. The molecule has 0 aliphatic heterocycles. The second kappa shape index (κ2) is 7.30. The first-order valence-electron chi connectivity index (χ1n) is 7.96. The van der Waals surface area contributed by atoms with Crippen molar-refractivity contribution in [3.05, 3.63) is 58.3 Å². The molecule has 11 heteroatoms. The number of hydrogen-bond acceptors (Lipinski definition) is 4. The molecule has 0 spiro atoms. The zero-order valence-electron chi connectivity index (χ0n) is 14.4. The average molecular weight is 475 g/mol. The van der Waals surface area contributed by atoms with Gasteiger partial charge in [-0.3, -0.25) is 0 Å². The van der Waals surface area contributed by atoms with Crippen LogP contribution in [0.5, 0.6) is 0 Å². The predicted octanol–water partition coefficient (Wildman–Crippen LogP) is 3.93. The maximum atomic E-state index is 13.5. The zero-order chi connectivity index (χ0) is 20.7. The molecule has 0 saturated heterocycles. The lowest BCUT2D eigenvalue weighted by atomic mass is 10.0. The molecular formula is C17H14BrF3N4O2S. The Morgan fingerprint density at radius 2 is 1.79 bits per heavy atom. The normalized spacial score (nSPS) is 12.4. The smallest absolute Gasteiger partial charge is 0.241 e. The van der Waals surface area contributed by atoms with Crippen LogP contribution < -0.4 is 5.14 Å². The SMILES string of the molecule is CCc1c(C(F)(F)F)nn(-c2ccc(S(N)(=O)=O)nc2)c1-c1ccc(Br)cc1. The number of halogens is 4. The van der Waals surface area contributed by atoms with Gasteiger partial charge in [-0.25, -0.2) is 23.2 Å². The average Bonchev–Trinajstić information content (AvgIpc) is 3.01. The highest BCUT2D eigenvalue weighted by Crippen LogP contribution is 2.38. The quantitative estimate of drug-likeness (QED) is 0.620. The van der Waals surface area contributed by atoms with Crippen LogP contribution in [0.3, 0.4) is 0 Å². The number of pyridine rings is 1. The van der Waals surface area contributed by atoms with Crippen LogP contribution in [0.15, 0.2) is 52.1 Å². The third-order valence-corrected chi connectivity index (χ3v) is 5.33. The molecule has 0 aliphatic rings. The van der Waals surface area contributed by atoms with Gasteiger partial charge in [0.05, 0.1) is 17.6 Å². The Bertz CT molecular complexity index is 1110. The molecule has 0 bridgehead atoms. The van der Waals surface area contributed by atoms with Gasteiger partial charge in [0.15, 0.2) is 10.7 Å². The van der Waals surface area contributed by atoms with Crippen molar-refractivity contribution in [1.29, 1.82) is 0 Å². The van der Waals surface area contributed by atoms with Crippen molar-refractivity contribution < 1.29 is 21.6 Å². The van der Waals surface area contributed by atoms with E-state index in [1.54, 1.807) is 31.2 Å². The van der Waals surface area contributed by atoms with Crippen molar-refractivity contribution in [2.75, 3.05) is 0 Å². The largest absolute Gasteiger partial charge is 0.435 e. The number of nitrogens with two attached hydrogens (primary N) is 1. The van der Waals surface area contributed by atoms with E-state index < -0.39 is 21.9 Å². The van der Waals surface area contributed by atoms with E-state index in [1.165, 1.54) is 6.07 Å². The number of rotatable bonds is 4. The predicted molar refractivity (Wildman–Crippen MR) is 100 cm³/mol. The highest BCUT2D eigenvalue weighted by molar-refractivity contribution is 9.10. The van der Waals surface area contributed by atoms with Gasteiger partial charge in [0.25, 0.3) is 10.0 Å². The minimum atomic E-state index is -4.64. The molecule has 0 atom stereocenters. The second-order valence-electron chi connectivity index (χ2n) is 5.85. The first kappa shape index (κ1) is 20.5. The molecule has 0 radical (unpaired) electrons. The summed E-state index contributed by atoms with van der Waals surface area (Å²) >= 11 is 3.30. The van der Waals surface area contributed by atoms with Gasteiger partial charge in [-0.2, -0.15) is 18.3 Å². The van der Waals surface area contributed by atoms with Crippen molar-refractivity contribution in [2.24, 2.45) is 5.14 Å². The van der Waals surface area contributed by atoms with Gasteiger partial charge in [0, 0.05) is 15.6 Å². The monoisotopic (exact) mass is 474 g/mol. The molecule has 0 fully saturated rings. The zero-order valence-corrected chi connectivity index (χ0v) is 16.8. The maximum absolute atomic E-state index is 13.5. The molecule has 28 heavy (non-hydrogen) atoms. The minimum absolute atomic E-state index is 0.0327. The van der Waals surface area contributed by atoms with E-state index in [9.17, 15) is 21.6 Å². The summed E-state index contributed by atoms with van der Waals surface area (Å²) in [7, 11) is -4.03. The van der Waals surface area contributed by atoms with Crippen molar-refractivity contribution >= 4 is 26.0 Å². The fourth-order valence-electron chi connectivity index (χ4n) is 2.77. The van der Waals surface area contributed by atoms with Gasteiger partial charge in [0.2, 0.25) is 0 Å². The van der Waals surface area contributed by atoms with Crippen LogP contribution >= 0.6 is 15.9 Å². The third kappa shape index (κ3) is 3.96. The minimum Gasteiger partial charge on any atom is -0.241 e. The summed E-state index contributed by atoms with van der Waals surface area (Å²) in [6, 6.07) is 9.19. The molecule has 1 aromatic carbocycles. The Morgan fingerprint density at radius 1 is 1.14 bits per heavy atom. The highest BCUT2D eigenvalue weighted by atomic mass is 79.9. The Balaban J connectivity index is 2.28. The summed E-state index contributed by atoms with van der Waals surface area (Å²) in [5.74, 6) is 0. The molecule has 0 aliphatic carbocycles. The van der Waals surface area contributed by atoms with Crippen molar-refractivity contribution in [1.82, 2.24) is 14.8 Å². The number of hydrogen-bond donors (Lipinski definition) is 1. The molecule has 2 N–H and O–H groups in total. The van der Waals surface area contributed by atoms with E-state index in [2.05, 4.69) is 26.0 Å². The van der Waals surface area contributed by atoms with Crippen LogP contribution in [0.2, 0.25) is 0 Å². The topological polar surface area (TPSA) is 90.9 Å². The molecule has 0 unspecified atom stereocenters. The first-order valence-corrected chi connectivity index (χ1v) is 10.3. The molecule has 3 aromatic rings. The molecule has 0 amide bonds. The molecule has 0 saturated carbocycles. The van der Waals surface area contributed by atoms with Gasteiger partial charge in [0.1, 0.15) is 0 Å². The summed E-state index contributed by atoms with van der Waals surface area (Å²) in [5, 5.41) is 8.41. The van der Waals surface area contributed by atoms with Gasteiger partial charge >= 0.3 is 6.18 Å². The Labute approximate surface area is 167 Å². The van der Waals surface area contributed by atoms with Gasteiger partial charge < -0.3 is 0 Å². The number of nitrogens with zero attached hydrogens (tertiary/aromatic N) is 3. The summed E-state index contributed by atoms with van der Waals surface area (Å²) in [5.41, 5.74) is -0.00430. The third-order valence-electron chi connectivity index (χ3n) is 3.98. The molecular weight excluding hydrogens is 461 g/mol. The van der Waals surface area contributed by atoms with Crippen LogP contribution in [0, 0.1) is 0 Å². The molecule has 3 rings (SSSR count). The molecule has 2 aromatic heterocycles. The number of sulfonamides is 1. The van der Waals surface area contributed by atoms with E-state index in [0.29, 0.717) is 5.56 Å². The van der Waals surface area contributed by atoms with Crippen LogP contribution in [-0.4, -0.2) is 23.2 Å². The number of primary sulfonamides is 1. The standard InChI is InChI=1S/C17H14BrF3N4O2S/c1-2-13-15(10-3-5-11(18)6-4-10)25(24-16(13)17(19,20)21)12-7-8-14(23-9-12)28(22,26)27/h3-9H,2H2,1H3,(H2,22,26,27). The fourth-order valence-corrected chi connectivity index (χ4v) is 3.49. The van der Waals surface area contributed by atoms with E-state index >= 15 is 0 Å². The number of benzene rings is 1. The lowest BCUT2D eigenvalue weighted by Gasteiger charge is -2.10. The summed E-state index contributed by atoms with van der Waals surface area (Å²) < 4.78 is 65.3. The van der Waals surface area contributed by atoms with Crippen LogP contribution in [0.4, 0.5) is 13.2 Å². The van der Waals surface area contributed by atoms with Crippen LogP contribution in [-0.2, 0) is 22.6 Å². The van der Waals surface area contributed by atoms with E-state index in [0.717, 1.165) is 21.4 Å². The summed E-state index contributed by atoms with van der Waals surface area (Å²) in [4.78, 5) is 3.74. The Morgan fingerprint density at radius 3 is 2.25 bits per heavy atom. The van der Waals surface area contributed by atoms with E-state index in [4.69, 9.17) is 5.14 Å². The van der Waals surface area contributed by atoms with Crippen molar-refractivity contribution in [3.63, 3.8) is 0 Å². The van der Waals surface area contributed by atoms with Gasteiger partial charge in [-0.1, -0.05) is 35.0 Å². The number of alkyl halides is 3. The number of aromatic nitrogens is 3. The summed E-state index contributed by atoms with van der Waals surface area (Å²) in [6.07, 6.45) is -3.42. The van der Waals surface area contributed by atoms with Crippen LogP contribution in [0.1, 0.15) is 18.2 Å². The molecule has 2 heterocycles. The lowest BCUT2D eigenvalue weighted by Crippen LogP contribution is -2.14. The molecule has 148 valence electrons. The van der Waals surface area contributed by atoms with Crippen molar-refractivity contribution in [3.8, 4) is 16.9 Å². The summed E-state index contributed by atoms with van der Waals surface area (Å²) in [6.45, 7) is 1.61. The van der Waals surface area contributed by atoms with E-state index in [-0.39, 0.29) is 28.4 Å². The van der Waals surface area contributed by atoms with Gasteiger partial charge in [-0.05, 0) is 30.7 Å². The maximum Gasteiger partial charge on any atom is 0.435 e. The van der Waals surface area contributed by atoms with E-state index in [1.807, 2.05) is 0 Å². The Kier molecular flexibility index (Phi) is 5.34. The van der Waals surface area contributed by atoms with Gasteiger partial charge in [-0.15, -0.1) is 0 Å².